The Morgan fingerprint density at radius 1 is 1.12 bits per heavy atom. The van der Waals surface area contributed by atoms with Crippen molar-refractivity contribution >= 4 is 5.69 Å². The molecule has 0 saturated heterocycles. The van der Waals surface area contributed by atoms with Gasteiger partial charge in [-0.25, -0.2) is 0 Å². The lowest BCUT2D eigenvalue weighted by Crippen LogP contribution is -2.04. The summed E-state index contributed by atoms with van der Waals surface area (Å²) in [6.45, 7) is 7.10. The number of anilines is 1. The number of rotatable bonds is 3. The highest BCUT2D eigenvalue weighted by Gasteiger charge is 2.02. The van der Waals surface area contributed by atoms with Crippen molar-refractivity contribution in [3.8, 4) is 0 Å². The summed E-state index contributed by atoms with van der Waals surface area (Å²) in [7, 11) is 0. The topological polar surface area (TPSA) is 24.9 Å². The smallest absolute Gasteiger partial charge is 0.0606 e. The van der Waals surface area contributed by atoms with E-state index in [4.69, 9.17) is 0 Å². The van der Waals surface area contributed by atoms with Gasteiger partial charge in [-0.15, -0.1) is 0 Å². The molecule has 2 rings (SSSR count). The van der Waals surface area contributed by atoms with E-state index in [1.807, 2.05) is 19.2 Å². The van der Waals surface area contributed by atoms with Crippen LogP contribution in [0.5, 0.6) is 0 Å². The third-order valence-electron chi connectivity index (χ3n) is 2.90. The van der Waals surface area contributed by atoms with Crippen molar-refractivity contribution in [1.82, 2.24) is 4.98 Å². The van der Waals surface area contributed by atoms with Crippen LogP contribution < -0.4 is 5.32 Å². The van der Waals surface area contributed by atoms with Crippen LogP contribution in [0.15, 0.2) is 36.5 Å². The summed E-state index contributed by atoms with van der Waals surface area (Å²) in [6, 6.07) is 10.6. The van der Waals surface area contributed by atoms with Gasteiger partial charge in [-0.05, 0) is 38.0 Å². The molecule has 88 valence electrons. The molecule has 1 heterocycles. The second-order valence-electron chi connectivity index (χ2n) is 4.43. The summed E-state index contributed by atoms with van der Waals surface area (Å²) < 4.78 is 0. The van der Waals surface area contributed by atoms with Gasteiger partial charge in [-0.1, -0.05) is 29.8 Å². The highest BCUT2D eigenvalue weighted by atomic mass is 14.9. The molecule has 0 saturated carbocycles. The molecule has 0 amide bonds. The Kier molecular flexibility index (Phi) is 3.43. The fourth-order valence-electron chi connectivity index (χ4n) is 1.97. The van der Waals surface area contributed by atoms with Crippen molar-refractivity contribution in [2.24, 2.45) is 0 Å². The zero-order valence-electron chi connectivity index (χ0n) is 10.6. The minimum absolute atomic E-state index is 0.842. The predicted octanol–water partition coefficient (Wildman–Crippen LogP) is 3.62. The molecule has 2 heteroatoms. The van der Waals surface area contributed by atoms with Gasteiger partial charge >= 0.3 is 0 Å². The number of nitrogens with one attached hydrogen (secondary N) is 1. The SMILES string of the molecule is Cc1cccc(CNc2c(C)ccnc2C)c1. The number of aryl methyl sites for hydroxylation is 3. The van der Waals surface area contributed by atoms with Crippen molar-refractivity contribution in [3.05, 3.63) is 58.9 Å². The molecule has 0 aliphatic heterocycles. The van der Waals surface area contributed by atoms with Gasteiger partial charge in [0.25, 0.3) is 0 Å². The fourth-order valence-corrected chi connectivity index (χ4v) is 1.97. The molecular weight excluding hydrogens is 208 g/mol. The van der Waals surface area contributed by atoms with Gasteiger partial charge in [0.05, 0.1) is 11.4 Å². The number of benzene rings is 1. The third-order valence-corrected chi connectivity index (χ3v) is 2.90. The largest absolute Gasteiger partial charge is 0.379 e. The van der Waals surface area contributed by atoms with E-state index < -0.39 is 0 Å². The van der Waals surface area contributed by atoms with E-state index in [1.165, 1.54) is 16.7 Å². The molecule has 1 aromatic carbocycles. The Bertz CT molecular complexity index is 498. The van der Waals surface area contributed by atoms with Crippen LogP contribution in [0.4, 0.5) is 5.69 Å². The van der Waals surface area contributed by atoms with Gasteiger partial charge in [-0.3, -0.25) is 4.98 Å². The van der Waals surface area contributed by atoms with E-state index in [1.54, 1.807) is 0 Å². The van der Waals surface area contributed by atoms with E-state index in [-0.39, 0.29) is 0 Å². The number of nitrogens with zero attached hydrogens (tertiary/aromatic N) is 1. The molecule has 0 bridgehead atoms. The minimum atomic E-state index is 0.842. The van der Waals surface area contributed by atoms with Crippen molar-refractivity contribution < 1.29 is 0 Å². The average molecular weight is 226 g/mol. The molecule has 0 unspecified atom stereocenters. The lowest BCUT2D eigenvalue weighted by atomic mass is 10.1. The summed E-state index contributed by atoms with van der Waals surface area (Å²) >= 11 is 0. The van der Waals surface area contributed by atoms with Gasteiger partial charge < -0.3 is 5.32 Å². The molecule has 0 spiro atoms. The maximum atomic E-state index is 4.31. The first-order valence-corrected chi connectivity index (χ1v) is 5.88. The first kappa shape index (κ1) is 11.6. The molecule has 17 heavy (non-hydrogen) atoms. The molecule has 0 aliphatic rings. The predicted molar refractivity (Wildman–Crippen MR) is 72.2 cm³/mol. The zero-order chi connectivity index (χ0) is 12.3. The third kappa shape index (κ3) is 2.84. The Morgan fingerprint density at radius 3 is 2.65 bits per heavy atom. The molecule has 2 nitrogen and oxygen atoms in total. The molecule has 2 aromatic rings. The lowest BCUT2D eigenvalue weighted by Gasteiger charge is -2.12. The maximum absolute atomic E-state index is 4.31. The number of aromatic nitrogens is 1. The van der Waals surface area contributed by atoms with Crippen LogP contribution in [-0.2, 0) is 6.54 Å². The van der Waals surface area contributed by atoms with Crippen molar-refractivity contribution in [1.29, 1.82) is 0 Å². The molecule has 0 atom stereocenters. The van der Waals surface area contributed by atoms with Crippen molar-refractivity contribution in [2.75, 3.05) is 5.32 Å². The Hall–Kier alpha value is -1.83. The summed E-state index contributed by atoms with van der Waals surface area (Å²) in [4.78, 5) is 4.31. The lowest BCUT2D eigenvalue weighted by molar-refractivity contribution is 1.09. The fraction of sp³-hybridized carbons (Fsp3) is 0.267. The zero-order valence-corrected chi connectivity index (χ0v) is 10.6. The van der Waals surface area contributed by atoms with Gasteiger partial charge in [0.15, 0.2) is 0 Å². The monoisotopic (exact) mass is 226 g/mol. The van der Waals surface area contributed by atoms with Crippen LogP contribution >= 0.6 is 0 Å². The molecule has 0 fully saturated rings. The van der Waals surface area contributed by atoms with Gasteiger partial charge in [0.1, 0.15) is 0 Å². The second-order valence-corrected chi connectivity index (χ2v) is 4.43. The molecule has 0 radical (unpaired) electrons. The number of pyridine rings is 1. The average Bonchev–Trinajstić information content (AvgIpc) is 2.28. The minimum Gasteiger partial charge on any atom is -0.379 e. The van der Waals surface area contributed by atoms with E-state index in [0.29, 0.717) is 0 Å². The van der Waals surface area contributed by atoms with Crippen LogP contribution in [0.25, 0.3) is 0 Å². The standard InChI is InChI=1S/C15H18N2/c1-11-5-4-6-14(9-11)10-17-15-12(2)7-8-16-13(15)3/h4-9,17H,10H2,1-3H3. The van der Waals surface area contributed by atoms with Crippen molar-refractivity contribution in [2.45, 2.75) is 27.3 Å². The van der Waals surface area contributed by atoms with Crippen LogP contribution in [-0.4, -0.2) is 4.98 Å². The number of hydrogen-bond donors (Lipinski definition) is 1. The first-order valence-electron chi connectivity index (χ1n) is 5.88. The summed E-state index contributed by atoms with van der Waals surface area (Å²) in [5, 5.41) is 3.46. The van der Waals surface area contributed by atoms with Gasteiger partial charge in [0.2, 0.25) is 0 Å². The summed E-state index contributed by atoms with van der Waals surface area (Å²) in [6.07, 6.45) is 1.85. The maximum Gasteiger partial charge on any atom is 0.0606 e. The Labute approximate surface area is 103 Å². The molecular formula is C15H18N2. The summed E-state index contributed by atoms with van der Waals surface area (Å²) in [5.41, 5.74) is 6.04. The van der Waals surface area contributed by atoms with Crippen LogP contribution in [0.3, 0.4) is 0 Å². The Morgan fingerprint density at radius 2 is 1.94 bits per heavy atom. The highest BCUT2D eigenvalue weighted by Crippen LogP contribution is 2.18. The van der Waals surface area contributed by atoms with E-state index in [0.717, 1.165) is 17.9 Å². The number of hydrogen-bond acceptors (Lipinski definition) is 2. The molecule has 0 aliphatic carbocycles. The van der Waals surface area contributed by atoms with Crippen LogP contribution in [0.2, 0.25) is 0 Å². The van der Waals surface area contributed by atoms with Gasteiger partial charge in [0, 0.05) is 12.7 Å². The van der Waals surface area contributed by atoms with Crippen LogP contribution in [0, 0.1) is 20.8 Å². The van der Waals surface area contributed by atoms with Crippen LogP contribution in [0.1, 0.15) is 22.4 Å². The summed E-state index contributed by atoms with van der Waals surface area (Å²) in [5.74, 6) is 0. The Balaban J connectivity index is 2.13. The van der Waals surface area contributed by atoms with Crippen molar-refractivity contribution in [3.63, 3.8) is 0 Å². The highest BCUT2D eigenvalue weighted by molar-refractivity contribution is 5.53. The van der Waals surface area contributed by atoms with Gasteiger partial charge in [-0.2, -0.15) is 0 Å². The molecule has 1 N–H and O–H groups in total. The first-order chi connectivity index (χ1) is 8.16. The molecule has 1 aromatic heterocycles. The second kappa shape index (κ2) is 5.00. The van der Waals surface area contributed by atoms with E-state index >= 15 is 0 Å². The quantitative estimate of drug-likeness (QED) is 0.864. The van der Waals surface area contributed by atoms with E-state index in [2.05, 4.69) is 48.4 Å². The van der Waals surface area contributed by atoms with E-state index in [9.17, 15) is 0 Å². The normalized spacial score (nSPS) is 10.3.